The summed E-state index contributed by atoms with van der Waals surface area (Å²) in [5.74, 6) is -0.871. The first-order chi connectivity index (χ1) is 14.6. The van der Waals surface area contributed by atoms with Gasteiger partial charge in [-0.1, -0.05) is 23.2 Å². The smallest absolute Gasteiger partial charge is 0.422 e. The molecule has 4 aromatic rings. The van der Waals surface area contributed by atoms with Crippen LogP contribution in [0.25, 0.3) is 22.2 Å². The summed E-state index contributed by atoms with van der Waals surface area (Å²) in [4.78, 5) is 20.5. The molecule has 11 heteroatoms. The summed E-state index contributed by atoms with van der Waals surface area (Å²) < 4.78 is 43.9. The van der Waals surface area contributed by atoms with Crippen molar-refractivity contribution >= 4 is 40.0 Å². The molecule has 0 radical (unpaired) electrons. The molecule has 0 bridgehead atoms. The van der Waals surface area contributed by atoms with Crippen molar-refractivity contribution in [1.82, 2.24) is 19.7 Å². The van der Waals surface area contributed by atoms with Crippen LogP contribution in [-0.2, 0) is 7.05 Å². The van der Waals surface area contributed by atoms with Crippen LogP contribution in [0.15, 0.2) is 43.0 Å². The molecule has 1 N–H and O–H groups in total. The van der Waals surface area contributed by atoms with Crippen molar-refractivity contribution in [3.63, 3.8) is 0 Å². The van der Waals surface area contributed by atoms with Gasteiger partial charge in [0, 0.05) is 47.7 Å². The van der Waals surface area contributed by atoms with Crippen molar-refractivity contribution in [2.45, 2.75) is 6.18 Å². The van der Waals surface area contributed by atoms with Crippen LogP contribution in [0.5, 0.6) is 5.75 Å². The summed E-state index contributed by atoms with van der Waals surface area (Å²) in [5, 5.41) is 4.31. The molecule has 6 nitrogen and oxygen atoms in total. The summed E-state index contributed by atoms with van der Waals surface area (Å²) in [6.45, 7) is -1.55. The number of alkyl halides is 3. The molecular formula is C20H13Cl2F3N4O2. The number of aromatic nitrogens is 4. The predicted octanol–water partition coefficient (Wildman–Crippen LogP) is 5.44. The first kappa shape index (κ1) is 21.2. The Hall–Kier alpha value is -3.04. The Kier molecular flexibility index (Phi) is 5.40. The second-order valence-electron chi connectivity index (χ2n) is 6.69. The topological polar surface area (TPSA) is 72.8 Å². The molecule has 0 spiro atoms. The predicted molar refractivity (Wildman–Crippen MR) is 110 cm³/mol. The molecule has 3 heterocycles. The van der Waals surface area contributed by atoms with Gasteiger partial charge in [-0.25, -0.2) is 4.98 Å². The zero-order valence-electron chi connectivity index (χ0n) is 15.8. The molecule has 0 aliphatic rings. The van der Waals surface area contributed by atoms with Gasteiger partial charge >= 0.3 is 6.18 Å². The maximum absolute atomic E-state index is 13.3. The van der Waals surface area contributed by atoms with Gasteiger partial charge in [0.1, 0.15) is 11.4 Å². The van der Waals surface area contributed by atoms with Crippen molar-refractivity contribution in [3.05, 3.63) is 64.2 Å². The van der Waals surface area contributed by atoms with E-state index < -0.39 is 18.6 Å². The summed E-state index contributed by atoms with van der Waals surface area (Å²) in [6.07, 6.45) is 1.98. The number of fused-ring (bicyclic) bond motifs is 1. The second kappa shape index (κ2) is 7.90. The zero-order valence-corrected chi connectivity index (χ0v) is 17.3. The number of nitrogens with one attached hydrogen (secondary N) is 1. The van der Waals surface area contributed by atoms with Gasteiger partial charge in [0.05, 0.1) is 21.8 Å². The van der Waals surface area contributed by atoms with Gasteiger partial charge in [0.2, 0.25) is 0 Å². The summed E-state index contributed by atoms with van der Waals surface area (Å²) in [7, 11) is 1.78. The average Bonchev–Trinajstić information content (AvgIpc) is 3.32. The Morgan fingerprint density at radius 2 is 2.00 bits per heavy atom. The third kappa shape index (κ3) is 4.24. The minimum Gasteiger partial charge on any atom is -0.483 e. The summed E-state index contributed by atoms with van der Waals surface area (Å²) >= 11 is 12.4. The van der Waals surface area contributed by atoms with Crippen molar-refractivity contribution in [3.8, 4) is 16.9 Å². The largest absolute Gasteiger partial charge is 0.483 e. The van der Waals surface area contributed by atoms with E-state index in [1.165, 1.54) is 18.3 Å². The highest BCUT2D eigenvalue weighted by molar-refractivity contribution is 6.42. The monoisotopic (exact) mass is 468 g/mol. The van der Waals surface area contributed by atoms with Crippen LogP contribution in [0.2, 0.25) is 10.0 Å². The lowest BCUT2D eigenvalue weighted by atomic mass is 10.0. The highest BCUT2D eigenvalue weighted by Gasteiger charge is 2.30. The maximum Gasteiger partial charge on any atom is 0.422 e. The number of ketones is 1. The molecule has 0 saturated heterocycles. The Morgan fingerprint density at radius 1 is 1.23 bits per heavy atom. The van der Waals surface area contributed by atoms with E-state index in [1.54, 1.807) is 36.4 Å². The molecule has 160 valence electrons. The SMILES string of the molecule is Cn1cc(-c2cnc3[nH]cc(C(=O)c4c(Cl)ccc(OCC(F)(F)F)c4Cl)c3c2)cn1. The molecule has 0 atom stereocenters. The maximum atomic E-state index is 13.3. The van der Waals surface area contributed by atoms with Crippen LogP contribution >= 0.6 is 23.2 Å². The van der Waals surface area contributed by atoms with Crippen molar-refractivity contribution < 1.29 is 22.7 Å². The molecular weight excluding hydrogens is 456 g/mol. The fourth-order valence-corrected chi connectivity index (χ4v) is 3.66. The number of H-pyrrole nitrogens is 1. The Balaban J connectivity index is 1.76. The van der Waals surface area contributed by atoms with Gasteiger partial charge in [0.15, 0.2) is 12.4 Å². The first-order valence-corrected chi connectivity index (χ1v) is 9.58. The van der Waals surface area contributed by atoms with Gasteiger partial charge in [0.25, 0.3) is 0 Å². The Labute approximate surface area is 183 Å². The van der Waals surface area contributed by atoms with Gasteiger partial charge in [-0.05, 0) is 18.2 Å². The van der Waals surface area contributed by atoms with E-state index in [1.807, 2.05) is 0 Å². The number of rotatable bonds is 5. The van der Waals surface area contributed by atoms with E-state index in [0.717, 1.165) is 11.1 Å². The quantitative estimate of drug-likeness (QED) is 0.395. The standard InChI is InChI=1S/C20H13Cl2F3N4O2/c1-29-8-11(6-28-29)10-4-12-13(7-27-19(12)26-5-10)18(30)16-14(21)2-3-15(17(16)22)31-9-20(23,24)25/h2-8H,9H2,1H3,(H,26,27). The fraction of sp³-hybridized carbons (Fsp3) is 0.150. The van der Waals surface area contributed by atoms with Gasteiger partial charge < -0.3 is 9.72 Å². The van der Waals surface area contributed by atoms with Crippen molar-refractivity contribution in [2.24, 2.45) is 7.05 Å². The number of carbonyl (C=O) groups excluding carboxylic acids is 1. The highest BCUT2D eigenvalue weighted by Crippen LogP contribution is 2.37. The molecule has 0 saturated carbocycles. The lowest BCUT2D eigenvalue weighted by Crippen LogP contribution is -2.19. The van der Waals surface area contributed by atoms with E-state index >= 15 is 0 Å². The number of pyridine rings is 1. The molecule has 3 aromatic heterocycles. The number of hydrogen-bond donors (Lipinski definition) is 1. The molecule has 31 heavy (non-hydrogen) atoms. The number of halogens is 5. The third-order valence-corrected chi connectivity index (χ3v) is 5.18. The van der Waals surface area contributed by atoms with Crippen molar-refractivity contribution in [2.75, 3.05) is 6.61 Å². The number of benzene rings is 1. The van der Waals surface area contributed by atoms with Crippen LogP contribution in [0.3, 0.4) is 0 Å². The highest BCUT2D eigenvalue weighted by atomic mass is 35.5. The summed E-state index contributed by atoms with van der Waals surface area (Å²) in [5.41, 5.74) is 2.04. The number of carbonyl (C=O) groups is 1. The number of aromatic amines is 1. The molecule has 1 aromatic carbocycles. The minimum absolute atomic E-state index is 0.0138. The van der Waals surface area contributed by atoms with Crippen LogP contribution in [0.4, 0.5) is 13.2 Å². The normalized spacial score (nSPS) is 11.8. The van der Waals surface area contributed by atoms with Crippen LogP contribution in [-0.4, -0.2) is 38.3 Å². The van der Waals surface area contributed by atoms with E-state index in [2.05, 4.69) is 15.1 Å². The van der Waals surface area contributed by atoms with Gasteiger partial charge in [-0.15, -0.1) is 0 Å². The lowest BCUT2D eigenvalue weighted by Gasteiger charge is -2.13. The van der Waals surface area contributed by atoms with E-state index in [0.29, 0.717) is 11.0 Å². The van der Waals surface area contributed by atoms with Crippen LogP contribution in [0, 0.1) is 0 Å². The summed E-state index contributed by atoms with van der Waals surface area (Å²) in [6, 6.07) is 4.21. The number of nitrogens with zero attached hydrogens (tertiary/aromatic N) is 3. The Morgan fingerprint density at radius 3 is 2.68 bits per heavy atom. The van der Waals surface area contributed by atoms with E-state index in [4.69, 9.17) is 27.9 Å². The average molecular weight is 469 g/mol. The van der Waals surface area contributed by atoms with Crippen molar-refractivity contribution in [1.29, 1.82) is 0 Å². The van der Waals surface area contributed by atoms with Crippen LogP contribution < -0.4 is 4.74 Å². The number of ether oxygens (including phenoxy) is 1. The van der Waals surface area contributed by atoms with Crippen LogP contribution in [0.1, 0.15) is 15.9 Å². The second-order valence-corrected chi connectivity index (χ2v) is 7.48. The number of hydrogen-bond acceptors (Lipinski definition) is 4. The van der Waals surface area contributed by atoms with Gasteiger partial charge in [-0.2, -0.15) is 18.3 Å². The van der Waals surface area contributed by atoms with E-state index in [9.17, 15) is 18.0 Å². The minimum atomic E-state index is -4.56. The first-order valence-electron chi connectivity index (χ1n) is 8.82. The molecule has 0 amide bonds. The number of aryl methyl sites for hydroxylation is 1. The molecule has 4 rings (SSSR count). The van der Waals surface area contributed by atoms with E-state index in [-0.39, 0.29) is 26.9 Å². The Bertz CT molecular complexity index is 1300. The molecule has 0 unspecified atom stereocenters. The van der Waals surface area contributed by atoms with Gasteiger partial charge in [-0.3, -0.25) is 9.48 Å². The molecule has 0 aliphatic carbocycles. The fourth-order valence-electron chi connectivity index (χ4n) is 3.07. The molecule has 0 aliphatic heterocycles. The lowest BCUT2D eigenvalue weighted by molar-refractivity contribution is -0.153. The molecule has 0 fully saturated rings. The zero-order chi connectivity index (χ0) is 22.3. The third-order valence-electron chi connectivity index (χ3n) is 4.49.